The van der Waals surface area contributed by atoms with Crippen LogP contribution in [-0.2, 0) is 0 Å². The fourth-order valence-corrected chi connectivity index (χ4v) is 3.99. The molecule has 0 saturated heterocycles. The number of benzene rings is 3. The average molecular weight is 418 g/mol. The second kappa shape index (κ2) is 8.16. The minimum Gasteiger partial charge on any atom is -0.267 e. The number of halogens is 1. The third-order valence-electron chi connectivity index (χ3n) is 4.85. The van der Waals surface area contributed by atoms with Crippen LogP contribution in [0.4, 0.5) is 9.52 Å². The predicted molar refractivity (Wildman–Crippen MR) is 121 cm³/mol. The maximum atomic E-state index is 13.3. The zero-order valence-electron chi connectivity index (χ0n) is 16.9. The molecule has 0 unspecified atom stereocenters. The van der Waals surface area contributed by atoms with Crippen LogP contribution in [0.15, 0.2) is 65.8 Å². The Morgan fingerprint density at radius 2 is 1.77 bits per heavy atom. The molecule has 0 fully saturated rings. The maximum Gasteiger partial charge on any atom is 0.280 e. The number of carbonyl (C=O) groups is 1. The number of fused-ring (bicyclic) bond motifs is 1. The maximum absolute atomic E-state index is 13.3. The summed E-state index contributed by atoms with van der Waals surface area (Å²) >= 11 is 1.41. The molecule has 1 aromatic heterocycles. The molecule has 3 aromatic carbocycles. The smallest absolute Gasteiger partial charge is 0.267 e. The minimum absolute atomic E-state index is 0.271. The van der Waals surface area contributed by atoms with Crippen LogP contribution in [0.2, 0.25) is 0 Å². The highest BCUT2D eigenvalue weighted by Crippen LogP contribution is 2.31. The molecular formula is C24H20FN3OS. The van der Waals surface area contributed by atoms with Gasteiger partial charge in [0, 0.05) is 5.56 Å². The lowest BCUT2D eigenvalue weighted by Crippen LogP contribution is -2.25. The van der Waals surface area contributed by atoms with Crippen molar-refractivity contribution >= 4 is 38.8 Å². The summed E-state index contributed by atoms with van der Waals surface area (Å²) in [5.41, 5.74) is 5.30. The number of aromatic nitrogens is 1. The molecule has 30 heavy (non-hydrogen) atoms. The van der Waals surface area contributed by atoms with E-state index in [1.54, 1.807) is 18.2 Å². The van der Waals surface area contributed by atoms with Crippen molar-refractivity contribution in [3.63, 3.8) is 0 Å². The molecule has 0 saturated carbocycles. The number of anilines is 1. The number of rotatable bonds is 4. The molecule has 0 bridgehead atoms. The van der Waals surface area contributed by atoms with Crippen molar-refractivity contribution in [3.05, 3.63) is 94.3 Å². The van der Waals surface area contributed by atoms with Crippen molar-refractivity contribution in [1.29, 1.82) is 0 Å². The molecule has 0 radical (unpaired) electrons. The van der Waals surface area contributed by atoms with E-state index in [4.69, 9.17) is 0 Å². The van der Waals surface area contributed by atoms with Gasteiger partial charge in [0.05, 0.1) is 16.4 Å². The van der Waals surface area contributed by atoms with Crippen LogP contribution >= 0.6 is 11.3 Å². The molecule has 1 amide bonds. The molecule has 6 heteroatoms. The number of hydrazone groups is 1. The van der Waals surface area contributed by atoms with E-state index < -0.39 is 0 Å². The van der Waals surface area contributed by atoms with Gasteiger partial charge < -0.3 is 0 Å². The topological polar surface area (TPSA) is 45.6 Å². The number of aryl methyl sites for hydroxylation is 3. The van der Waals surface area contributed by atoms with Crippen molar-refractivity contribution in [2.24, 2.45) is 5.10 Å². The summed E-state index contributed by atoms with van der Waals surface area (Å²) in [6.07, 6.45) is 1.54. The van der Waals surface area contributed by atoms with Crippen molar-refractivity contribution in [3.8, 4) is 0 Å². The van der Waals surface area contributed by atoms with Gasteiger partial charge in [0.25, 0.3) is 5.91 Å². The van der Waals surface area contributed by atoms with E-state index in [0.29, 0.717) is 16.3 Å². The standard InChI is InChI=1S/C24H20FN3OS/c1-15-4-11-21-22(12-15)30-24(27-21)28(26-14-18-6-9-20(25)10-7-18)23(29)19-8-5-16(2)17(3)13-19/h4-14H,1-3H3/b26-14+. The van der Waals surface area contributed by atoms with Crippen molar-refractivity contribution < 1.29 is 9.18 Å². The Labute approximate surface area is 178 Å². The van der Waals surface area contributed by atoms with Crippen molar-refractivity contribution in [2.45, 2.75) is 20.8 Å². The summed E-state index contributed by atoms with van der Waals surface area (Å²) in [4.78, 5) is 18.0. The molecule has 4 aromatic rings. The highest BCUT2D eigenvalue weighted by Gasteiger charge is 2.21. The highest BCUT2D eigenvalue weighted by molar-refractivity contribution is 7.22. The zero-order valence-corrected chi connectivity index (χ0v) is 17.7. The van der Waals surface area contributed by atoms with E-state index in [1.165, 1.54) is 34.7 Å². The van der Waals surface area contributed by atoms with E-state index in [-0.39, 0.29) is 11.7 Å². The molecule has 150 valence electrons. The van der Waals surface area contributed by atoms with Gasteiger partial charge in [-0.05, 0) is 79.4 Å². The Balaban J connectivity index is 1.77. The van der Waals surface area contributed by atoms with Crippen LogP contribution in [-0.4, -0.2) is 17.1 Å². The van der Waals surface area contributed by atoms with Gasteiger partial charge in [0.15, 0.2) is 0 Å². The van der Waals surface area contributed by atoms with Crippen LogP contribution in [0, 0.1) is 26.6 Å². The first-order chi connectivity index (χ1) is 14.4. The number of hydrogen-bond donors (Lipinski definition) is 0. The van der Waals surface area contributed by atoms with Gasteiger partial charge in [-0.25, -0.2) is 9.37 Å². The number of amides is 1. The molecule has 0 aliphatic rings. The normalized spacial score (nSPS) is 11.3. The molecule has 0 aliphatic heterocycles. The van der Waals surface area contributed by atoms with Crippen LogP contribution < -0.4 is 5.01 Å². The zero-order chi connectivity index (χ0) is 21.3. The number of hydrogen-bond acceptors (Lipinski definition) is 4. The van der Waals surface area contributed by atoms with Crippen molar-refractivity contribution in [1.82, 2.24) is 4.98 Å². The van der Waals surface area contributed by atoms with Gasteiger partial charge in [0.1, 0.15) is 5.82 Å². The predicted octanol–water partition coefficient (Wildman–Crippen LogP) is 6.04. The second-order valence-corrected chi connectivity index (χ2v) is 8.19. The molecule has 0 atom stereocenters. The molecule has 0 N–H and O–H groups in total. The van der Waals surface area contributed by atoms with E-state index in [9.17, 15) is 9.18 Å². The Bertz CT molecular complexity index is 1260. The highest BCUT2D eigenvalue weighted by atomic mass is 32.1. The molecule has 1 heterocycles. The number of thiazole rings is 1. The van der Waals surface area contributed by atoms with E-state index >= 15 is 0 Å². The summed E-state index contributed by atoms with van der Waals surface area (Å²) in [7, 11) is 0. The van der Waals surface area contributed by atoms with Gasteiger partial charge in [-0.2, -0.15) is 10.1 Å². The number of carbonyl (C=O) groups excluding carboxylic acids is 1. The first-order valence-corrected chi connectivity index (χ1v) is 10.3. The molecular weight excluding hydrogens is 397 g/mol. The van der Waals surface area contributed by atoms with E-state index in [1.807, 2.05) is 51.1 Å². The first-order valence-electron chi connectivity index (χ1n) is 9.49. The Hall–Kier alpha value is -3.38. The summed E-state index contributed by atoms with van der Waals surface area (Å²) in [5.74, 6) is -0.594. The second-order valence-electron chi connectivity index (χ2n) is 7.18. The van der Waals surface area contributed by atoms with Gasteiger partial charge in [-0.1, -0.05) is 35.6 Å². The summed E-state index contributed by atoms with van der Waals surface area (Å²) in [6.45, 7) is 5.99. The minimum atomic E-state index is -0.322. The number of nitrogens with zero attached hydrogens (tertiary/aromatic N) is 3. The Morgan fingerprint density at radius 3 is 2.50 bits per heavy atom. The SMILES string of the molecule is Cc1ccc2nc(N(/N=C/c3ccc(F)cc3)C(=O)c3ccc(C)c(C)c3)sc2c1. The summed E-state index contributed by atoms with van der Waals surface area (Å²) < 4.78 is 14.2. The molecule has 4 nitrogen and oxygen atoms in total. The lowest BCUT2D eigenvalue weighted by atomic mass is 10.1. The van der Waals surface area contributed by atoms with E-state index in [0.717, 1.165) is 26.9 Å². The third-order valence-corrected chi connectivity index (χ3v) is 5.85. The lowest BCUT2D eigenvalue weighted by molar-refractivity contribution is 0.0987. The average Bonchev–Trinajstić information content (AvgIpc) is 3.14. The van der Waals surface area contributed by atoms with Gasteiger partial charge >= 0.3 is 0 Å². The Morgan fingerprint density at radius 1 is 1.00 bits per heavy atom. The Kier molecular flexibility index (Phi) is 5.42. The van der Waals surface area contributed by atoms with Crippen LogP contribution in [0.1, 0.15) is 32.6 Å². The fourth-order valence-electron chi connectivity index (χ4n) is 2.97. The summed E-state index contributed by atoms with van der Waals surface area (Å²) in [5, 5.41) is 6.22. The van der Waals surface area contributed by atoms with Gasteiger partial charge in [-0.15, -0.1) is 0 Å². The summed E-state index contributed by atoms with van der Waals surface area (Å²) in [6, 6.07) is 17.5. The van der Waals surface area contributed by atoms with Crippen LogP contribution in [0.3, 0.4) is 0 Å². The van der Waals surface area contributed by atoms with Crippen molar-refractivity contribution in [2.75, 3.05) is 5.01 Å². The third kappa shape index (κ3) is 4.14. The molecule has 4 rings (SSSR count). The first kappa shape index (κ1) is 19.9. The van der Waals surface area contributed by atoms with Gasteiger partial charge in [0.2, 0.25) is 5.13 Å². The van der Waals surface area contributed by atoms with Gasteiger partial charge in [-0.3, -0.25) is 4.79 Å². The molecule has 0 aliphatic carbocycles. The quantitative estimate of drug-likeness (QED) is 0.300. The van der Waals surface area contributed by atoms with E-state index in [2.05, 4.69) is 10.1 Å². The molecule has 0 spiro atoms. The fraction of sp³-hybridized carbons (Fsp3) is 0.125. The van der Waals surface area contributed by atoms with Crippen LogP contribution in [0.25, 0.3) is 10.2 Å². The lowest BCUT2D eigenvalue weighted by Gasteiger charge is -2.14. The monoisotopic (exact) mass is 417 g/mol. The van der Waals surface area contributed by atoms with Crippen LogP contribution in [0.5, 0.6) is 0 Å². The largest absolute Gasteiger partial charge is 0.280 e.